The summed E-state index contributed by atoms with van der Waals surface area (Å²) in [6, 6.07) is -0.566. The standard InChI is InChI=1S/C8H13N3O/c9-8(12)11-10-7-4-5-2-1-3-6(5)7/h5-6H,1-4H2,(H3,9,11,12)/b10-7+/t5-,6+/m0/s1. The van der Waals surface area contributed by atoms with Gasteiger partial charge in [-0.1, -0.05) is 6.42 Å². The van der Waals surface area contributed by atoms with Crippen molar-refractivity contribution in [1.29, 1.82) is 0 Å². The van der Waals surface area contributed by atoms with Crippen molar-refractivity contribution in [2.45, 2.75) is 25.7 Å². The predicted octanol–water partition coefficient (Wildman–Crippen LogP) is 0.831. The van der Waals surface area contributed by atoms with Gasteiger partial charge in [0, 0.05) is 11.6 Å². The highest BCUT2D eigenvalue weighted by Crippen LogP contribution is 2.44. The Kier molecular flexibility index (Phi) is 1.75. The van der Waals surface area contributed by atoms with E-state index < -0.39 is 6.03 Å². The number of rotatable bonds is 1. The number of hydrogen-bond donors (Lipinski definition) is 2. The number of nitrogens with one attached hydrogen (secondary N) is 1. The average molecular weight is 167 g/mol. The second kappa shape index (κ2) is 2.77. The Morgan fingerprint density at radius 1 is 1.58 bits per heavy atom. The summed E-state index contributed by atoms with van der Waals surface area (Å²) < 4.78 is 0. The van der Waals surface area contributed by atoms with Crippen molar-refractivity contribution in [3.8, 4) is 0 Å². The molecule has 0 unspecified atom stereocenters. The van der Waals surface area contributed by atoms with E-state index in [1.54, 1.807) is 0 Å². The molecule has 2 rings (SSSR count). The SMILES string of the molecule is NC(=O)N/N=C1\C[C@@H]2CCC[C@@H]12. The molecule has 3 N–H and O–H groups in total. The zero-order valence-corrected chi connectivity index (χ0v) is 6.92. The first kappa shape index (κ1) is 7.58. The number of amides is 2. The van der Waals surface area contributed by atoms with Crippen LogP contribution in [0.2, 0.25) is 0 Å². The lowest BCUT2D eigenvalue weighted by atomic mass is 9.74. The third-order valence-corrected chi connectivity index (χ3v) is 2.87. The van der Waals surface area contributed by atoms with Gasteiger partial charge in [-0.05, 0) is 25.2 Å². The summed E-state index contributed by atoms with van der Waals surface area (Å²) in [5.74, 6) is 1.50. The van der Waals surface area contributed by atoms with Gasteiger partial charge >= 0.3 is 6.03 Å². The Hall–Kier alpha value is -1.06. The van der Waals surface area contributed by atoms with Crippen molar-refractivity contribution in [1.82, 2.24) is 5.43 Å². The van der Waals surface area contributed by atoms with Gasteiger partial charge in [0.05, 0.1) is 0 Å². The van der Waals surface area contributed by atoms with Gasteiger partial charge in [0.2, 0.25) is 0 Å². The van der Waals surface area contributed by atoms with E-state index in [2.05, 4.69) is 10.5 Å². The van der Waals surface area contributed by atoms with Crippen molar-refractivity contribution < 1.29 is 4.79 Å². The van der Waals surface area contributed by atoms with Crippen LogP contribution in [-0.2, 0) is 0 Å². The number of urea groups is 1. The second-order valence-corrected chi connectivity index (χ2v) is 3.58. The second-order valence-electron chi connectivity index (χ2n) is 3.58. The Bertz CT molecular complexity index is 236. The molecule has 2 fully saturated rings. The topological polar surface area (TPSA) is 67.5 Å². The van der Waals surface area contributed by atoms with E-state index in [-0.39, 0.29) is 0 Å². The van der Waals surface area contributed by atoms with E-state index in [4.69, 9.17) is 5.73 Å². The van der Waals surface area contributed by atoms with Gasteiger partial charge < -0.3 is 5.73 Å². The molecule has 66 valence electrons. The number of hydrazone groups is 1. The molecule has 12 heavy (non-hydrogen) atoms. The van der Waals surface area contributed by atoms with Crippen LogP contribution >= 0.6 is 0 Å². The first-order chi connectivity index (χ1) is 5.77. The van der Waals surface area contributed by atoms with Crippen LogP contribution in [0.25, 0.3) is 0 Å². The summed E-state index contributed by atoms with van der Waals surface area (Å²) in [5.41, 5.74) is 8.32. The maximum atomic E-state index is 10.3. The lowest BCUT2D eigenvalue weighted by Gasteiger charge is -2.31. The van der Waals surface area contributed by atoms with Crippen LogP contribution in [0, 0.1) is 11.8 Å². The van der Waals surface area contributed by atoms with Crippen LogP contribution in [-0.4, -0.2) is 11.7 Å². The third kappa shape index (κ3) is 1.17. The molecule has 2 saturated carbocycles. The molecule has 0 heterocycles. The molecule has 0 bridgehead atoms. The molecule has 2 amide bonds. The monoisotopic (exact) mass is 167 g/mol. The van der Waals surface area contributed by atoms with Gasteiger partial charge in [-0.3, -0.25) is 0 Å². The molecule has 2 aliphatic rings. The van der Waals surface area contributed by atoms with E-state index >= 15 is 0 Å². The van der Waals surface area contributed by atoms with Crippen LogP contribution < -0.4 is 11.2 Å². The Morgan fingerprint density at radius 3 is 3.08 bits per heavy atom. The minimum atomic E-state index is -0.566. The van der Waals surface area contributed by atoms with E-state index in [1.165, 1.54) is 19.3 Å². The molecule has 4 heteroatoms. The van der Waals surface area contributed by atoms with Crippen molar-refractivity contribution in [3.05, 3.63) is 0 Å². The number of fused-ring (bicyclic) bond motifs is 1. The molecule has 0 aromatic rings. The number of primary amides is 1. The number of carbonyl (C=O) groups excluding carboxylic acids is 1. The number of carbonyl (C=O) groups is 1. The van der Waals surface area contributed by atoms with E-state index in [1.807, 2.05) is 0 Å². The molecule has 0 aromatic carbocycles. The molecule has 0 saturated heterocycles. The molecule has 0 radical (unpaired) electrons. The predicted molar refractivity (Wildman–Crippen MR) is 45.6 cm³/mol. The molecule has 0 spiro atoms. The zero-order valence-electron chi connectivity index (χ0n) is 6.92. The summed E-state index contributed by atoms with van der Waals surface area (Å²) in [6.07, 6.45) is 4.94. The molecule has 2 aliphatic carbocycles. The summed E-state index contributed by atoms with van der Waals surface area (Å²) in [4.78, 5) is 10.3. The highest BCUT2D eigenvalue weighted by molar-refractivity contribution is 5.93. The van der Waals surface area contributed by atoms with Gasteiger partial charge in [-0.2, -0.15) is 5.10 Å². The smallest absolute Gasteiger partial charge is 0.332 e. The normalized spacial score (nSPS) is 35.8. The summed E-state index contributed by atoms with van der Waals surface area (Å²) in [5, 5.41) is 3.96. The van der Waals surface area contributed by atoms with Crippen LogP contribution in [0.5, 0.6) is 0 Å². The Balaban J connectivity index is 1.91. The first-order valence-electron chi connectivity index (χ1n) is 4.39. The van der Waals surface area contributed by atoms with Crippen LogP contribution in [0.1, 0.15) is 25.7 Å². The average Bonchev–Trinajstić information content (AvgIpc) is 2.32. The summed E-state index contributed by atoms with van der Waals surface area (Å²) >= 11 is 0. The molecule has 4 nitrogen and oxygen atoms in total. The van der Waals surface area contributed by atoms with Crippen molar-refractivity contribution in [3.63, 3.8) is 0 Å². The van der Waals surface area contributed by atoms with Gasteiger partial charge in [0.25, 0.3) is 0 Å². The minimum Gasteiger partial charge on any atom is -0.350 e. The first-order valence-corrected chi connectivity index (χ1v) is 4.39. The highest BCUT2D eigenvalue weighted by atomic mass is 16.2. The van der Waals surface area contributed by atoms with Crippen LogP contribution in [0.4, 0.5) is 4.79 Å². The lowest BCUT2D eigenvalue weighted by Crippen LogP contribution is -2.36. The van der Waals surface area contributed by atoms with Gasteiger partial charge in [0.15, 0.2) is 0 Å². The molecular weight excluding hydrogens is 154 g/mol. The van der Waals surface area contributed by atoms with E-state index in [9.17, 15) is 4.79 Å². The maximum Gasteiger partial charge on any atom is 0.332 e. The number of hydrogen-bond acceptors (Lipinski definition) is 2. The lowest BCUT2D eigenvalue weighted by molar-refractivity contribution is 0.249. The number of nitrogens with zero attached hydrogens (tertiary/aromatic N) is 1. The fourth-order valence-corrected chi connectivity index (χ4v) is 2.23. The largest absolute Gasteiger partial charge is 0.350 e. The fraction of sp³-hybridized carbons (Fsp3) is 0.750. The molecule has 0 aliphatic heterocycles. The van der Waals surface area contributed by atoms with Crippen molar-refractivity contribution in [2.24, 2.45) is 22.7 Å². The molecule has 2 atom stereocenters. The Labute approximate surface area is 71.2 Å². The van der Waals surface area contributed by atoms with Crippen LogP contribution in [0.3, 0.4) is 0 Å². The van der Waals surface area contributed by atoms with Crippen molar-refractivity contribution >= 4 is 11.7 Å². The summed E-state index contributed by atoms with van der Waals surface area (Å²) in [7, 11) is 0. The molecular formula is C8H13N3O. The fourth-order valence-electron chi connectivity index (χ4n) is 2.23. The summed E-state index contributed by atoms with van der Waals surface area (Å²) in [6.45, 7) is 0. The zero-order chi connectivity index (χ0) is 8.55. The minimum absolute atomic E-state index is 0.566. The highest BCUT2D eigenvalue weighted by Gasteiger charge is 2.40. The quantitative estimate of drug-likeness (QED) is 0.558. The van der Waals surface area contributed by atoms with E-state index in [0.717, 1.165) is 18.1 Å². The van der Waals surface area contributed by atoms with Gasteiger partial charge in [-0.25, -0.2) is 10.2 Å². The Morgan fingerprint density at radius 2 is 2.42 bits per heavy atom. The molecule has 0 aromatic heterocycles. The van der Waals surface area contributed by atoms with Gasteiger partial charge in [-0.15, -0.1) is 0 Å². The third-order valence-electron chi connectivity index (χ3n) is 2.87. The number of nitrogens with two attached hydrogens (primary N) is 1. The van der Waals surface area contributed by atoms with Crippen LogP contribution in [0.15, 0.2) is 5.10 Å². The van der Waals surface area contributed by atoms with Gasteiger partial charge in [0.1, 0.15) is 0 Å². The maximum absolute atomic E-state index is 10.3. The van der Waals surface area contributed by atoms with E-state index in [0.29, 0.717) is 5.92 Å². The van der Waals surface area contributed by atoms with Crippen molar-refractivity contribution in [2.75, 3.05) is 0 Å².